The van der Waals surface area contributed by atoms with Crippen LogP contribution in [0.4, 0.5) is 5.69 Å². The fraction of sp³-hybridized carbons (Fsp3) is 0.227. The number of carbonyl (C=O) groups excluding carboxylic acids is 1. The molecule has 0 atom stereocenters. The summed E-state index contributed by atoms with van der Waals surface area (Å²) >= 11 is 11.5. The van der Waals surface area contributed by atoms with Crippen LogP contribution in [-0.4, -0.2) is 29.9 Å². The highest BCUT2D eigenvalue weighted by atomic mass is 35.5. The largest absolute Gasteiger partial charge is 0.324 e. The van der Waals surface area contributed by atoms with E-state index in [9.17, 15) is 18.0 Å². The van der Waals surface area contributed by atoms with Crippen LogP contribution < -0.4 is 10.9 Å². The molecule has 0 aliphatic heterocycles. The van der Waals surface area contributed by atoms with Crippen LogP contribution >= 0.6 is 23.2 Å². The Hall–Kier alpha value is -2.68. The minimum Gasteiger partial charge on any atom is -0.324 e. The van der Waals surface area contributed by atoms with Gasteiger partial charge in [-0.2, -0.15) is 5.10 Å². The molecule has 0 saturated heterocycles. The van der Waals surface area contributed by atoms with Gasteiger partial charge in [0.15, 0.2) is 9.84 Å². The van der Waals surface area contributed by atoms with Gasteiger partial charge in [0.25, 0.3) is 5.56 Å². The van der Waals surface area contributed by atoms with E-state index < -0.39 is 27.8 Å². The standard InChI is InChI=1S/C22H21Cl2N3O4S/c1-15-9-10-17(26-20(28)14-27-22(29)21(24)18(23)13-25-27)12-19(15)32(30,31)11-5-8-16-6-3-2-4-7-16/h2-4,6-7,9-10,12-13H,5,8,11,14H2,1H3,(H,26,28). The fourth-order valence-electron chi connectivity index (χ4n) is 3.13. The van der Waals surface area contributed by atoms with Crippen molar-refractivity contribution in [3.05, 3.63) is 86.3 Å². The molecule has 1 heterocycles. The summed E-state index contributed by atoms with van der Waals surface area (Å²) in [6.07, 6.45) is 2.31. The monoisotopic (exact) mass is 493 g/mol. The molecule has 1 aromatic heterocycles. The Labute approximate surface area is 195 Å². The molecule has 0 aliphatic rings. The molecule has 1 amide bonds. The van der Waals surface area contributed by atoms with E-state index in [1.54, 1.807) is 19.1 Å². The number of anilines is 1. The van der Waals surface area contributed by atoms with Gasteiger partial charge < -0.3 is 5.32 Å². The molecule has 0 unspecified atom stereocenters. The summed E-state index contributed by atoms with van der Waals surface area (Å²) in [4.78, 5) is 24.6. The van der Waals surface area contributed by atoms with E-state index >= 15 is 0 Å². The smallest absolute Gasteiger partial charge is 0.287 e. The third-order valence-corrected chi connectivity index (χ3v) is 7.45. The molecule has 0 saturated carbocycles. The number of nitrogens with one attached hydrogen (secondary N) is 1. The van der Waals surface area contributed by atoms with Gasteiger partial charge in [0, 0.05) is 5.69 Å². The number of sulfone groups is 1. The number of hydrogen-bond acceptors (Lipinski definition) is 5. The van der Waals surface area contributed by atoms with Crippen LogP contribution in [0.25, 0.3) is 0 Å². The number of hydrogen-bond donors (Lipinski definition) is 1. The van der Waals surface area contributed by atoms with Gasteiger partial charge in [0.2, 0.25) is 5.91 Å². The molecule has 0 bridgehead atoms. The molecular formula is C22H21Cl2N3O4S. The average molecular weight is 494 g/mol. The predicted molar refractivity (Wildman–Crippen MR) is 125 cm³/mol. The van der Waals surface area contributed by atoms with Crippen LogP contribution in [0.2, 0.25) is 10.0 Å². The molecule has 168 valence electrons. The zero-order chi connectivity index (χ0) is 23.3. The first-order valence-corrected chi connectivity index (χ1v) is 12.2. The topological polar surface area (TPSA) is 98.1 Å². The lowest BCUT2D eigenvalue weighted by atomic mass is 10.1. The zero-order valence-corrected chi connectivity index (χ0v) is 19.5. The second-order valence-electron chi connectivity index (χ2n) is 7.21. The van der Waals surface area contributed by atoms with Crippen LogP contribution in [0.3, 0.4) is 0 Å². The molecule has 10 heteroatoms. The normalized spacial score (nSPS) is 11.3. The van der Waals surface area contributed by atoms with Gasteiger partial charge in [0.05, 0.1) is 21.9 Å². The van der Waals surface area contributed by atoms with Crippen LogP contribution in [0, 0.1) is 6.92 Å². The van der Waals surface area contributed by atoms with Gasteiger partial charge in [-0.15, -0.1) is 0 Å². The van der Waals surface area contributed by atoms with Gasteiger partial charge in [-0.05, 0) is 43.0 Å². The molecule has 0 spiro atoms. The van der Waals surface area contributed by atoms with Crippen molar-refractivity contribution in [1.29, 1.82) is 0 Å². The summed E-state index contributed by atoms with van der Waals surface area (Å²) in [5.41, 5.74) is 1.27. The maximum atomic E-state index is 12.9. The summed E-state index contributed by atoms with van der Waals surface area (Å²) in [6, 6.07) is 14.3. The Kier molecular flexibility index (Phi) is 7.71. The van der Waals surface area contributed by atoms with Crippen LogP contribution in [0.15, 0.2) is 64.4 Å². The van der Waals surface area contributed by atoms with E-state index in [1.165, 1.54) is 12.3 Å². The number of carbonyl (C=O) groups is 1. The molecule has 0 radical (unpaired) electrons. The van der Waals surface area contributed by atoms with Gasteiger partial charge in [0.1, 0.15) is 11.6 Å². The highest BCUT2D eigenvalue weighted by Crippen LogP contribution is 2.22. The Balaban J connectivity index is 1.70. The summed E-state index contributed by atoms with van der Waals surface area (Å²) in [5.74, 6) is -0.572. The lowest BCUT2D eigenvalue weighted by Crippen LogP contribution is -2.29. The van der Waals surface area contributed by atoms with Crippen LogP contribution in [-0.2, 0) is 27.6 Å². The van der Waals surface area contributed by atoms with E-state index in [1.807, 2.05) is 30.3 Å². The van der Waals surface area contributed by atoms with Crippen molar-refractivity contribution in [3.8, 4) is 0 Å². The maximum absolute atomic E-state index is 12.9. The number of amides is 1. The molecule has 3 rings (SSSR count). The molecule has 7 nitrogen and oxygen atoms in total. The van der Waals surface area contributed by atoms with Crippen molar-refractivity contribution in [2.45, 2.75) is 31.2 Å². The summed E-state index contributed by atoms with van der Waals surface area (Å²) < 4.78 is 26.7. The molecule has 0 fully saturated rings. The number of rotatable bonds is 8. The van der Waals surface area contributed by atoms with Crippen molar-refractivity contribution in [1.82, 2.24) is 9.78 Å². The number of benzene rings is 2. The van der Waals surface area contributed by atoms with E-state index in [0.717, 1.165) is 10.2 Å². The Bertz CT molecular complexity index is 1290. The predicted octanol–water partition coefficient (Wildman–Crippen LogP) is 3.90. The Morgan fingerprint density at radius 1 is 1.12 bits per heavy atom. The van der Waals surface area contributed by atoms with Crippen LogP contribution in [0.1, 0.15) is 17.5 Å². The van der Waals surface area contributed by atoms with E-state index in [4.69, 9.17) is 23.2 Å². The van der Waals surface area contributed by atoms with Crippen molar-refractivity contribution in [2.24, 2.45) is 0 Å². The lowest BCUT2D eigenvalue weighted by molar-refractivity contribution is -0.117. The highest BCUT2D eigenvalue weighted by Gasteiger charge is 2.18. The maximum Gasteiger partial charge on any atom is 0.287 e. The third kappa shape index (κ3) is 5.97. The molecule has 32 heavy (non-hydrogen) atoms. The molecule has 3 aromatic rings. The van der Waals surface area contributed by atoms with Crippen molar-refractivity contribution in [2.75, 3.05) is 11.1 Å². The van der Waals surface area contributed by atoms with E-state index in [2.05, 4.69) is 10.4 Å². The number of aryl methyl sites for hydroxylation is 2. The lowest BCUT2D eigenvalue weighted by Gasteiger charge is -2.12. The average Bonchev–Trinajstić information content (AvgIpc) is 2.76. The molecule has 1 N–H and O–H groups in total. The van der Waals surface area contributed by atoms with E-state index in [0.29, 0.717) is 24.1 Å². The van der Waals surface area contributed by atoms with Gasteiger partial charge in [-0.1, -0.05) is 59.6 Å². The second kappa shape index (κ2) is 10.3. The first-order chi connectivity index (χ1) is 15.2. The van der Waals surface area contributed by atoms with Gasteiger partial charge in [-0.25, -0.2) is 13.1 Å². The van der Waals surface area contributed by atoms with Crippen molar-refractivity contribution in [3.63, 3.8) is 0 Å². The fourth-order valence-corrected chi connectivity index (χ4v) is 5.01. The van der Waals surface area contributed by atoms with E-state index in [-0.39, 0.29) is 20.7 Å². The van der Waals surface area contributed by atoms with Crippen LogP contribution in [0.5, 0.6) is 0 Å². The second-order valence-corrected chi connectivity index (χ2v) is 10.1. The minimum atomic E-state index is -3.55. The molecular weight excluding hydrogens is 473 g/mol. The number of aromatic nitrogens is 2. The first kappa shape index (κ1) is 24.0. The SMILES string of the molecule is Cc1ccc(NC(=O)Cn2ncc(Cl)c(Cl)c2=O)cc1S(=O)(=O)CCCc1ccccc1. The highest BCUT2D eigenvalue weighted by molar-refractivity contribution is 7.91. The summed E-state index contributed by atoms with van der Waals surface area (Å²) in [7, 11) is -3.55. The van der Waals surface area contributed by atoms with Crippen molar-refractivity contribution < 1.29 is 13.2 Å². The summed E-state index contributed by atoms with van der Waals surface area (Å²) in [6.45, 7) is 1.30. The van der Waals surface area contributed by atoms with Crippen molar-refractivity contribution >= 4 is 44.6 Å². The first-order valence-electron chi connectivity index (χ1n) is 9.75. The molecule has 2 aromatic carbocycles. The number of nitrogens with zero attached hydrogens (tertiary/aromatic N) is 2. The van der Waals surface area contributed by atoms with Gasteiger partial charge in [-0.3, -0.25) is 9.59 Å². The number of halogens is 2. The zero-order valence-electron chi connectivity index (χ0n) is 17.2. The Morgan fingerprint density at radius 2 is 1.84 bits per heavy atom. The quantitative estimate of drug-likeness (QED) is 0.512. The minimum absolute atomic E-state index is 0.00558. The Morgan fingerprint density at radius 3 is 2.56 bits per heavy atom. The summed E-state index contributed by atoms with van der Waals surface area (Å²) in [5, 5.41) is 6.14. The van der Waals surface area contributed by atoms with Gasteiger partial charge >= 0.3 is 0 Å². The third-order valence-electron chi connectivity index (χ3n) is 4.76. The molecule has 0 aliphatic carbocycles.